The smallest absolute Gasteiger partial charge is 0.270 e. The van der Waals surface area contributed by atoms with Crippen molar-refractivity contribution in [2.75, 3.05) is 0 Å². The largest absolute Gasteiger partial charge is 0.278 e. The first-order valence-corrected chi connectivity index (χ1v) is 5.94. The summed E-state index contributed by atoms with van der Waals surface area (Å²) in [5.41, 5.74) is 2.40. The Balaban J connectivity index is 1.89. The van der Waals surface area contributed by atoms with Gasteiger partial charge in [0.05, 0.1) is 22.3 Å². The zero-order valence-corrected chi connectivity index (χ0v) is 10.4. The summed E-state index contributed by atoms with van der Waals surface area (Å²) in [5, 5.41) is 18.5. The van der Waals surface area contributed by atoms with Crippen molar-refractivity contribution < 1.29 is 4.92 Å². The van der Waals surface area contributed by atoms with Crippen molar-refractivity contribution in [2.24, 2.45) is 4.99 Å². The average Bonchev–Trinajstić information content (AvgIpc) is 2.93. The number of hydrogen-bond donors (Lipinski definition) is 1. The molecule has 0 radical (unpaired) electrons. The minimum absolute atomic E-state index is 0.0537. The molecule has 0 aliphatic carbocycles. The molecule has 1 heterocycles. The second-order valence-corrected chi connectivity index (χ2v) is 4.25. The van der Waals surface area contributed by atoms with Gasteiger partial charge in [-0.3, -0.25) is 20.2 Å². The van der Waals surface area contributed by atoms with E-state index < -0.39 is 4.92 Å². The molecule has 20 heavy (non-hydrogen) atoms. The standard InChI is InChI=1S/C14H10N4O2/c19-18(20)13-3-1-2-10(6-13)8-15-12-5-4-11-9-16-17-14(11)7-12/h1-9H,(H,16,17). The minimum Gasteiger partial charge on any atom is -0.278 e. The van der Waals surface area contributed by atoms with Crippen LogP contribution in [-0.4, -0.2) is 21.3 Å². The number of rotatable bonds is 3. The molecule has 0 bridgehead atoms. The summed E-state index contributed by atoms with van der Waals surface area (Å²) >= 11 is 0. The molecule has 0 aliphatic heterocycles. The molecule has 0 spiro atoms. The van der Waals surface area contributed by atoms with Crippen LogP contribution in [0.5, 0.6) is 0 Å². The van der Waals surface area contributed by atoms with E-state index in [0.717, 1.165) is 16.6 Å². The topological polar surface area (TPSA) is 84.2 Å². The predicted octanol–water partition coefficient (Wildman–Crippen LogP) is 3.22. The molecule has 0 unspecified atom stereocenters. The molecule has 0 amide bonds. The zero-order valence-electron chi connectivity index (χ0n) is 10.4. The van der Waals surface area contributed by atoms with E-state index in [1.807, 2.05) is 18.2 Å². The van der Waals surface area contributed by atoms with Crippen molar-refractivity contribution in [1.82, 2.24) is 10.2 Å². The van der Waals surface area contributed by atoms with Gasteiger partial charge in [0, 0.05) is 23.7 Å². The number of benzene rings is 2. The molecule has 98 valence electrons. The molecule has 0 saturated heterocycles. The van der Waals surface area contributed by atoms with E-state index in [2.05, 4.69) is 15.2 Å². The highest BCUT2D eigenvalue weighted by atomic mass is 16.6. The molecule has 0 saturated carbocycles. The van der Waals surface area contributed by atoms with Crippen LogP contribution in [0.3, 0.4) is 0 Å². The van der Waals surface area contributed by atoms with Crippen molar-refractivity contribution in [3.8, 4) is 0 Å². The Morgan fingerprint density at radius 3 is 3.00 bits per heavy atom. The number of nitro benzene ring substituents is 1. The maximum absolute atomic E-state index is 10.7. The first-order chi connectivity index (χ1) is 9.72. The van der Waals surface area contributed by atoms with Gasteiger partial charge in [0.25, 0.3) is 5.69 Å². The fourth-order valence-electron chi connectivity index (χ4n) is 1.87. The van der Waals surface area contributed by atoms with Gasteiger partial charge in [0.15, 0.2) is 0 Å². The van der Waals surface area contributed by atoms with Crippen molar-refractivity contribution in [1.29, 1.82) is 0 Å². The Kier molecular flexibility index (Phi) is 2.96. The van der Waals surface area contributed by atoms with Crippen molar-refractivity contribution >= 4 is 28.5 Å². The van der Waals surface area contributed by atoms with Gasteiger partial charge in [-0.2, -0.15) is 5.10 Å². The fraction of sp³-hybridized carbons (Fsp3) is 0. The number of non-ortho nitro benzene ring substituents is 1. The normalized spacial score (nSPS) is 11.2. The lowest BCUT2D eigenvalue weighted by molar-refractivity contribution is -0.384. The minimum atomic E-state index is -0.423. The van der Waals surface area contributed by atoms with Gasteiger partial charge in [-0.05, 0) is 23.8 Å². The monoisotopic (exact) mass is 266 g/mol. The molecule has 3 rings (SSSR count). The molecule has 2 aromatic carbocycles. The van der Waals surface area contributed by atoms with E-state index in [-0.39, 0.29) is 5.69 Å². The summed E-state index contributed by atoms with van der Waals surface area (Å²) in [6.45, 7) is 0. The highest BCUT2D eigenvalue weighted by Crippen LogP contribution is 2.19. The van der Waals surface area contributed by atoms with Crippen LogP contribution >= 0.6 is 0 Å². The first-order valence-electron chi connectivity index (χ1n) is 5.94. The summed E-state index contributed by atoms with van der Waals surface area (Å²) in [5.74, 6) is 0. The summed E-state index contributed by atoms with van der Waals surface area (Å²) < 4.78 is 0. The molecule has 6 heteroatoms. The molecule has 6 nitrogen and oxygen atoms in total. The number of fused-ring (bicyclic) bond motifs is 1. The van der Waals surface area contributed by atoms with E-state index in [9.17, 15) is 10.1 Å². The number of nitrogens with zero attached hydrogens (tertiary/aromatic N) is 3. The number of H-pyrrole nitrogens is 1. The van der Waals surface area contributed by atoms with Crippen LogP contribution in [0, 0.1) is 10.1 Å². The molecule has 3 aromatic rings. The van der Waals surface area contributed by atoms with Crippen LogP contribution < -0.4 is 0 Å². The van der Waals surface area contributed by atoms with Crippen molar-refractivity contribution in [3.63, 3.8) is 0 Å². The molecular formula is C14H10N4O2. The molecule has 0 aliphatic rings. The maximum Gasteiger partial charge on any atom is 0.270 e. The van der Waals surface area contributed by atoms with E-state index >= 15 is 0 Å². The molecule has 1 N–H and O–H groups in total. The summed E-state index contributed by atoms with van der Waals surface area (Å²) in [7, 11) is 0. The number of aromatic amines is 1. The summed E-state index contributed by atoms with van der Waals surface area (Å²) in [6.07, 6.45) is 3.34. The fourth-order valence-corrected chi connectivity index (χ4v) is 1.87. The van der Waals surface area contributed by atoms with E-state index in [0.29, 0.717) is 5.56 Å². The number of aliphatic imine (C=N–C) groups is 1. The van der Waals surface area contributed by atoms with Gasteiger partial charge < -0.3 is 0 Å². The average molecular weight is 266 g/mol. The summed E-state index contributed by atoms with van der Waals surface area (Å²) in [4.78, 5) is 14.6. The third-order valence-corrected chi connectivity index (χ3v) is 2.87. The number of aromatic nitrogens is 2. The lowest BCUT2D eigenvalue weighted by atomic mass is 10.2. The maximum atomic E-state index is 10.7. The van der Waals surface area contributed by atoms with Gasteiger partial charge in [0.2, 0.25) is 0 Å². The molecule has 0 atom stereocenters. The predicted molar refractivity (Wildman–Crippen MR) is 76.4 cm³/mol. The number of hydrogen-bond acceptors (Lipinski definition) is 4. The Bertz CT molecular complexity index is 808. The first kappa shape index (κ1) is 12.0. The van der Waals surface area contributed by atoms with Gasteiger partial charge in [-0.15, -0.1) is 0 Å². The molecular weight excluding hydrogens is 256 g/mol. The van der Waals surface area contributed by atoms with E-state index in [4.69, 9.17) is 0 Å². The van der Waals surface area contributed by atoms with E-state index in [1.54, 1.807) is 24.5 Å². The van der Waals surface area contributed by atoms with Gasteiger partial charge in [-0.25, -0.2) is 0 Å². The van der Waals surface area contributed by atoms with Crippen LogP contribution in [0.25, 0.3) is 10.9 Å². The van der Waals surface area contributed by atoms with Crippen molar-refractivity contribution in [3.05, 3.63) is 64.3 Å². The number of nitro groups is 1. The Morgan fingerprint density at radius 2 is 2.15 bits per heavy atom. The Hall–Kier alpha value is -3.02. The SMILES string of the molecule is O=[N+]([O-])c1cccc(C=Nc2ccc3cn[nH]c3c2)c1. The zero-order chi connectivity index (χ0) is 13.9. The van der Waals surface area contributed by atoms with Gasteiger partial charge in [-0.1, -0.05) is 12.1 Å². The van der Waals surface area contributed by atoms with Crippen LogP contribution in [0.15, 0.2) is 53.7 Å². The lowest BCUT2D eigenvalue weighted by Crippen LogP contribution is -1.89. The molecule has 0 fully saturated rings. The van der Waals surface area contributed by atoms with Crippen LogP contribution in [0.2, 0.25) is 0 Å². The van der Waals surface area contributed by atoms with Crippen LogP contribution in [-0.2, 0) is 0 Å². The van der Waals surface area contributed by atoms with Crippen molar-refractivity contribution in [2.45, 2.75) is 0 Å². The third kappa shape index (κ3) is 2.39. The third-order valence-electron chi connectivity index (χ3n) is 2.87. The quantitative estimate of drug-likeness (QED) is 0.448. The van der Waals surface area contributed by atoms with Crippen LogP contribution in [0.4, 0.5) is 11.4 Å². The lowest BCUT2D eigenvalue weighted by Gasteiger charge is -1.95. The number of nitrogens with one attached hydrogen (secondary N) is 1. The Morgan fingerprint density at radius 1 is 1.25 bits per heavy atom. The van der Waals surface area contributed by atoms with Gasteiger partial charge >= 0.3 is 0 Å². The Labute approximate surface area is 113 Å². The molecule has 1 aromatic heterocycles. The highest BCUT2D eigenvalue weighted by Gasteiger charge is 2.04. The van der Waals surface area contributed by atoms with Gasteiger partial charge in [0.1, 0.15) is 0 Å². The summed E-state index contributed by atoms with van der Waals surface area (Å²) in [6, 6.07) is 12.0. The van der Waals surface area contributed by atoms with E-state index in [1.165, 1.54) is 12.1 Å². The highest BCUT2D eigenvalue weighted by molar-refractivity contribution is 5.85. The van der Waals surface area contributed by atoms with Crippen LogP contribution in [0.1, 0.15) is 5.56 Å². The second kappa shape index (κ2) is 4.93. The second-order valence-electron chi connectivity index (χ2n) is 4.25.